The van der Waals surface area contributed by atoms with Gasteiger partial charge in [0.15, 0.2) is 11.5 Å². The predicted octanol–water partition coefficient (Wildman–Crippen LogP) is 0.719. The molecular formula is C10H6N2O3. The quantitative estimate of drug-likeness (QED) is 0.629. The maximum atomic E-state index is 11.1. The van der Waals surface area contributed by atoms with E-state index in [1.807, 2.05) is 0 Å². The molecule has 0 fully saturated rings. The second kappa shape index (κ2) is 2.91. The smallest absolute Gasteiger partial charge is 0.288 e. The van der Waals surface area contributed by atoms with Crippen LogP contribution in [0.2, 0.25) is 0 Å². The molecule has 5 nitrogen and oxygen atoms in total. The highest BCUT2D eigenvalue weighted by Crippen LogP contribution is 2.34. The molecule has 1 aliphatic heterocycles. The summed E-state index contributed by atoms with van der Waals surface area (Å²) in [7, 11) is 0. The first-order chi connectivity index (χ1) is 7.33. The summed E-state index contributed by atoms with van der Waals surface area (Å²) in [6.07, 6.45) is 1.53. The van der Waals surface area contributed by atoms with Gasteiger partial charge in [-0.25, -0.2) is 0 Å². The van der Waals surface area contributed by atoms with Gasteiger partial charge in [-0.15, -0.1) is 5.10 Å². The molecule has 0 saturated heterocycles. The maximum absolute atomic E-state index is 11.1. The van der Waals surface area contributed by atoms with Crippen LogP contribution >= 0.6 is 0 Å². The number of aromatic nitrogens is 2. The molecule has 0 bridgehead atoms. The molecule has 1 aromatic carbocycles. The van der Waals surface area contributed by atoms with Crippen LogP contribution in [0.15, 0.2) is 29.2 Å². The molecular weight excluding hydrogens is 196 g/mol. The Kier molecular flexibility index (Phi) is 1.58. The van der Waals surface area contributed by atoms with Crippen LogP contribution in [-0.2, 0) is 0 Å². The molecule has 0 aliphatic carbocycles. The minimum absolute atomic E-state index is 0.216. The Balaban J connectivity index is 2.42. The second-order valence-corrected chi connectivity index (χ2v) is 3.16. The van der Waals surface area contributed by atoms with Crippen LogP contribution in [0.5, 0.6) is 11.5 Å². The number of ether oxygens (including phenoxy) is 2. The second-order valence-electron chi connectivity index (χ2n) is 3.16. The molecule has 3 rings (SSSR count). The Labute approximate surface area is 84.3 Å². The third-order valence-corrected chi connectivity index (χ3v) is 2.21. The van der Waals surface area contributed by atoms with Crippen molar-refractivity contribution >= 4 is 10.8 Å². The summed E-state index contributed by atoms with van der Waals surface area (Å²) in [5.41, 5.74) is -0.371. The standard InChI is InChI=1S/C10H6N2O3/c13-10-3-6-1-8-9(15-5-14-8)2-7(6)4-11-12-10/h1-4H,5H2. The number of rotatable bonds is 0. The fraction of sp³-hybridized carbons (Fsp3) is 0.100. The fourth-order valence-electron chi connectivity index (χ4n) is 1.52. The zero-order valence-corrected chi connectivity index (χ0v) is 7.64. The molecule has 0 atom stereocenters. The molecule has 2 aromatic rings. The van der Waals surface area contributed by atoms with Crippen LogP contribution in [0.3, 0.4) is 0 Å². The summed E-state index contributed by atoms with van der Waals surface area (Å²) in [6, 6.07) is 4.96. The average molecular weight is 202 g/mol. The first-order valence-electron chi connectivity index (χ1n) is 4.39. The van der Waals surface area contributed by atoms with E-state index in [1.54, 1.807) is 12.1 Å². The van der Waals surface area contributed by atoms with Gasteiger partial charge in [0.1, 0.15) is 0 Å². The van der Waals surface area contributed by atoms with Crippen molar-refractivity contribution in [2.45, 2.75) is 0 Å². The molecule has 5 heteroatoms. The minimum Gasteiger partial charge on any atom is -0.454 e. The van der Waals surface area contributed by atoms with Crippen molar-refractivity contribution in [3.05, 3.63) is 34.7 Å². The van der Waals surface area contributed by atoms with Gasteiger partial charge in [0.2, 0.25) is 6.79 Å². The summed E-state index contributed by atoms with van der Waals surface area (Å²) in [5.74, 6) is 1.32. The highest BCUT2D eigenvalue weighted by atomic mass is 16.7. The van der Waals surface area contributed by atoms with E-state index in [2.05, 4.69) is 10.2 Å². The van der Waals surface area contributed by atoms with E-state index in [0.717, 1.165) is 10.8 Å². The molecule has 0 unspecified atom stereocenters. The van der Waals surface area contributed by atoms with Crippen LogP contribution in [-0.4, -0.2) is 17.0 Å². The van der Waals surface area contributed by atoms with Crippen molar-refractivity contribution in [2.75, 3.05) is 6.79 Å². The lowest BCUT2D eigenvalue weighted by atomic mass is 10.2. The average Bonchev–Trinajstić information content (AvgIpc) is 2.57. The Morgan fingerprint density at radius 2 is 1.80 bits per heavy atom. The summed E-state index contributed by atoms with van der Waals surface area (Å²) in [6.45, 7) is 0.216. The zero-order valence-electron chi connectivity index (χ0n) is 7.64. The fourth-order valence-corrected chi connectivity index (χ4v) is 1.52. The number of benzene rings is 1. The van der Waals surface area contributed by atoms with Crippen molar-refractivity contribution in [3.63, 3.8) is 0 Å². The zero-order chi connectivity index (χ0) is 10.3. The third kappa shape index (κ3) is 1.28. The van der Waals surface area contributed by atoms with Gasteiger partial charge < -0.3 is 9.47 Å². The summed E-state index contributed by atoms with van der Waals surface area (Å²) in [4.78, 5) is 11.1. The maximum Gasteiger partial charge on any atom is 0.288 e. The van der Waals surface area contributed by atoms with Crippen LogP contribution in [0, 0.1) is 0 Å². The van der Waals surface area contributed by atoms with E-state index >= 15 is 0 Å². The number of hydrogen-bond donors (Lipinski definition) is 0. The molecule has 0 amide bonds. The molecule has 15 heavy (non-hydrogen) atoms. The number of hydrogen-bond acceptors (Lipinski definition) is 5. The highest BCUT2D eigenvalue weighted by Gasteiger charge is 2.13. The van der Waals surface area contributed by atoms with Gasteiger partial charge in [0.25, 0.3) is 5.56 Å². The van der Waals surface area contributed by atoms with Gasteiger partial charge in [0.05, 0.1) is 6.20 Å². The first-order valence-corrected chi connectivity index (χ1v) is 4.39. The lowest BCUT2D eigenvalue weighted by Gasteiger charge is -1.96. The van der Waals surface area contributed by atoms with Gasteiger partial charge in [-0.1, -0.05) is 0 Å². The largest absolute Gasteiger partial charge is 0.454 e. The van der Waals surface area contributed by atoms with E-state index in [4.69, 9.17) is 9.47 Å². The van der Waals surface area contributed by atoms with Crippen LogP contribution < -0.4 is 15.0 Å². The van der Waals surface area contributed by atoms with E-state index in [1.165, 1.54) is 12.3 Å². The third-order valence-electron chi connectivity index (χ3n) is 2.21. The van der Waals surface area contributed by atoms with Crippen molar-refractivity contribution in [2.24, 2.45) is 0 Å². The van der Waals surface area contributed by atoms with Gasteiger partial charge in [-0.05, 0) is 17.5 Å². The Hall–Kier alpha value is -2.17. The van der Waals surface area contributed by atoms with E-state index in [0.29, 0.717) is 11.5 Å². The minimum atomic E-state index is -0.371. The van der Waals surface area contributed by atoms with Crippen LogP contribution in [0.25, 0.3) is 10.8 Å². The van der Waals surface area contributed by atoms with Crippen molar-refractivity contribution in [1.82, 2.24) is 10.2 Å². The van der Waals surface area contributed by atoms with Gasteiger partial charge in [-0.3, -0.25) is 4.79 Å². The molecule has 0 N–H and O–H groups in total. The van der Waals surface area contributed by atoms with E-state index < -0.39 is 0 Å². The molecule has 0 radical (unpaired) electrons. The normalized spacial score (nSPS) is 13.1. The van der Waals surface area contributed by atoms with Crippen molar-refractivity contribution in [3.8, 4) is 11.5 Å². The Morgan fingerprint density at radius 3 is 2.60 bits per heavy atom. The lowest BCUT2D eigenvalue weighted by molar-refractivity contribution is 0.174. The Morgan fingerprint density at radius 1 is 1.07 bits per heavy atom. The number of nitrogens with zero attached hydrogens (tertiary/aromatic N) is 2. The summed E-state index contributed by atoms with van der Waals surface area (Å²) < 4.78 is 10.4. The lowest BCUT2D eigenvalue weighted by Crippen LogP contribution is -1.99. The SMILES string of the molecule is O=c1cc2cc3c(cc2cnn1)OCO3. The van der Waals surface area contributed by atoms with E-state index in [9.17, 15) is 4.79 Å². The van der Waals surface area contributed by atoms with E-state index in [-0.39, 0.29) is 12.4 Å². The summed E-state index contributed by atoms with van der Waals surface area (Å²) >= 11 is 0. The van der Waals surface area contributed by atoms with Crippen LogP contribution in [0.1, 0.15) is 0 Å². The van der Waals surface area contributed by atoms with Crippen molar-refractivity contribution in [1.29, 1.82) is 0 Å². The van der Waals surface area contributed by atoms with Gasteiger partial charge >= 0.3 is 0 Å². The summed E-state index contributed by atoms with van der Waals surface area (Å²) in [5, 5.41) is 8.62. The number of fused-ring (bicyclic) bond motifs is 2. The monoisotopic (exact) mass is 202 g/mol. The molecule has 2 heterocycles. The Bertz CT molecular complexity index is 598. The molecule has 74 valence electrons. The van der Waals surface area contributed by atoms with Gasteiger partial charge in [-0.2, -0.15) is 5.10 Å². The first kappa shape index (κ1) is 8.16. The molecule has 1 aromatic heterocycles. The molecule has 0 saturated carbocycles. The molecule has 1 aliphatic rings. The topological polar surface area (TPSA) is 61.3 Å². The van der Waals surface area contributed by atoms with Crippen LogP contribution in [0.4, 0.5) is 0 Å². The van der Waals surface area contributed by atoms with Crippen molar-refractivity contribution < 1.29 is 9.47 Å². The highest BCUT2D eigenvalue weighted by molar-refractivity contribution is 5.84. The predicted molar refractivity (Wildman–Crippen MR) is 51.9 cm³/mol. The van der Waals surface area contributed by atoms with Gasteiger partial charge in [0, 0.05) is 11.5 Å². The molecule has 0 spiro atoms.